The van der Waals surface area contributed by atoms with Crippen molar-refractivity contribution in [2.45, 2.75) is 20.3 Å². The zero-order valence-electron chi connectivity index (χ0n) is 14.2. The molecule has 0 bridgehead atoms. The Labute approximate surface area is 140 Å². The Kier molecular flexibility index (Phi) is 4.42. The number of nitrogens with zero attached hydrogens (tertiary/aromatic N) is 3. The van der Waals surface area contributed by atoms with Crippen LogP contribution in [0.15, 0.2) is 18.2 Å². The Balaban J connectivity index is 1.80. The lowest BCUT2D eigenvalue weighted by Crippen LogP contribution is -2.34. The second kappa shape index (κ2) is 6.51. The monoisotopic (exact) mass is 331 g/mol. The third-order valence-electron chi connectivity index (χ3n) is 4.34. The molecule has 0 radical (unpaired) electrons. The maximum atomic E-state index is 13.7. The van der Waals surface area contributed by atoms with Crippen LogP contribution in [0.2, 0.25) is 0 Å². The summed E-state index contributed by atoms with van der Waals surface area (Å²) in [6.45, 7) is 5.45. The van der Waals surface area contributed by atoms with Gasteiger partial charge in [-0.1, -0.05) is 0 Å². The van der Waals surface area contributed by atoms with Crippen LogP contribution in [0.4, 0.5) is 21.5 Å². The molecule has 128 valence electrons. The topological polar surface area (TPSA) is 64.3 Å². The Morgan fingerprint density at radius 3 is 2.83 bits per heavy atom. The van der Waals surface area contributed by atoms with E-state index in [1.165, 1.54) is 12.1 Å². The van der Waals surface area contributed by atoms with Crippen LogP contribution < -0.4 is 15.1 Å². The maximum absolute atomic E-state index is 13.7. The van der Waals surface area contributed by atoms with Crippen molar-refractivity contribution >= 4 is 23.0 Å². The largest absolute Gasteiger partial charge is 0.373 e. The molecule has 0 spiro atoms. The van der Waals surface area contributed by atoms with E-state index in [1.54, 1.807) is 6.07 Å². The van der Waals surface area contributed by atoms with Gasteiger partial charge in [-0.25, -0.2) is 4.39 Å². The molecule has 24 heavy (non-hydrogen) atoms. The molecule has 1 aromatic carbocycles. The highest BCUT2D eigenvalue weighted by molar-refractivity contribution is 5.95. The first kappa shape index (κ1) is 16.3. The molecule has 2 heterocycles. The quantitative estimate of drug-likeness (QED) is 0.907. The molecular formula is C17H22FN5O. The fourth-order valence-electron chi connectivity index (χ4n) is 3.06. The first-order valence-electron chi connectivity index (χ1n) is 8.03. The number of rotatable bonds is 3. The molecule has 0 fully saturated rings. The number of H-pyrrole nitrogens is 1. The molecule has 0 saturated heterocycles. The van der Waals surface area contributed by atoms with Gasteiger partial charge in [0.05, 0.1) is 35.0 Å². The first-order valence-corrected chi connectivity index (χ1v) is 8.03. The van der Waals surface area contributed by atoms with Crippen LogP contribution in [0.25, 0.3) is 0 Å². The van der Waals surface area contributed by atoms with Crippen molar-refractivity contribution in [1.29, 1.82) is 0 Å². The Bertz CT molecular complexity index is 738. The van der Waals surface area contributed by atoms with E-state index in [2.05, 4.69) is 20.4 Å². The predicted molar refractivity (Wildman–Crippen MR) is 93.2 cm³/mol. The highest BCUT2D eigenvalue weighted by atomic mass is 19.1. The molecule has 0 unspecified atom stereocenters. The molecule has 1 aliphatic heterocycles. The Morgan fingerprint density at radius 2 is 2.12 bits per heavy atom. The highest BCUT2D eigenvalue weighted by Gasteiger charge is 2.21. The van der Waals surface area contributed by atoms with Crippen LogP contribution >= 0.6 is 0 Å². The number of halogens is 1. The van der Waals surface area contributed by atoms with Gasteiger partial charge in [-0.2, -0.15) is 5.10 Å². The maximum Gasteiger partial charge on any atom is 0.243 e. The van der Waals surface area contributed by atoms with Gasteiger partial charge in [-0.3, -0.25) is 9.89 Å². The molecule has 7 heteroatoms. The normalized spacial score (nSPS) is 14.3. The summed E-state index contributed by atoms with van der Waals surface area (Å²) in [6.07, 6.45) is 0.907. The van der Waals surface area contributed by atoms with E-state index in [9.17, 15) is 9.18 Å². The first-order chi connectivity index (χ1) is 11.5. The predicted octanol–water partition coefficient (Wildman–Crippen LogP) is 2.45. The van der Waals surface area contributed by atoms with E-state index >= 15 is 0 Å². The number of benzene rings is 1. The van der Waals surface area contributed by atoms with Gasteiger partial charge in [-0.15, -0.1) is 0 Å². The van der Waals surface area contributed by atoms with E-state index in [4.69, 9.17) is 0 Å². The lowest BCUT2D eigenvalue weighted by atomic mass is 10.2. The lowest BCUT2D eigenvalue weighted by Gasteiger charge is -2.25. The number of amides is 1. The Hall–Kier alpha value is -2.57. The Morgan fingerprint density at radius 1 is 1.33 bits per heavy atom. The van der Waals surface area contributed by atoms with Crippen LogP contribution in [0.5, 0.6) is 0 Å². The molecule has 1 amide bonds. The number of hydrogen-bond donors (Lipinski definition) is 2. The molecule has 1 aromatic heterocycles. The number of hydrogen-bond acceptors (Lipinski definition) is 4. The van der Waals surface area contributed by atoms with Gasteiger partial charge in [-0.05, 0) is 38.5 Å². The van der Waals surface area contributed by atoms with Crippen LogP contribution in [-0.2, 0) is 4.79 Å². The van der Waals surface area contributed by atoms with Crippen molar-refractivity contribution in [1.82, 2.24) is 10.2 Å². The smallest absolute Gasteiger partial charge is 0.243 e. The number of anilines is 3. The third kappa shape index (κ3) is 3.20. The van der Waals surface area contributed by atoms with Gasteiger partial charge in [0.2, 0.25) is 5.91 Å². The minimum Gasteiger partial charge on any atom is -0.373 e. The average molecular weight is 331 g/mol. The lowest BCUT2D eigenvalue weighted by molar-refractivity contribution is -0.115. The fraction of sp³-hybridized carbons (Fsp3) is 0.412. The standard InChI is InChI=1S/C17H22FN5O/c1-11-17(12(2)21-20-11)19-16(24)10-23-8-4-7-22(3)14-6-5-13(18)9-15(14)23/h5-6,9H,4,7-8,10H2,1-3H3,(H,19,24)(H,20,21). The molecule has 0 aliphatic carbocycles. The minimum absolute atomic E-state index is 0.137. The molecule has 0 saturated carbocycles. The zero-order valence-corrected chi connectivity index (χ0v) is 14.2. The van der Waals surface area contributed by atoms with E-state index in [1.807, 2.05) is 25.8 Å². The molecule has 1 aliphatic rings. The molecule has 0 atom stereocenters. The van der Waals surface area contributed by atoms with Crippen LogP contribution in [-0.4, -0.2) is 42.8 Å². The van der Waals surface area contributed by atoms with Crippen LogP contribution in [0.3, 0.4) is 0 Å². The van der Waals surface area contributed by atoms with Gasteiger partial charge in [0.1, 0.15) is 5.82 Å². The van der Waals surface area contributed by atoms with Crippen molar-refractivity contribution in [3.8, 4) is 0 Å². The number of aryl methyl sites for hydroxylation is 2. The van der Waals surface area contributed by atoms with Crippen molar-refractivity contribution in [3.05, 3.63) is 35.4 Å². The summed E-state index contributed by atoms with van der Waals surface area (Å²) in [7, 11) is 1.98. The third-order valence-corrected chi connectivity index (χ3v) is 4.34. The summed E-state index contributed by atoms with van der Waals surface area (Å²) < 4.78 is 13.7. The highest BCUT2D eigenvalue weighted by Crippen LogP contribution is 2.32. The number of aromatic nitrogens is 2. The van der Waals surface area contributed by atoms with E-state index in [0.29, 0.717) is 12.2 Å². The van der Waals surface area contributed by atoms with Crippen LogP contribution in [0, 0.1) is 19.7 Å². The number of aromatic amines is 1. The zero-order chi connectivity index (χ0) is 17.3. The van der Waals surface area contributed by atoms with Gasteiger partial charge < -0.3 is 15.1 Å². The summed E-state index contributed by atoms with van der Waals surface area (Å²) in [5, 5.41) is 9.83. The van der Waals surface area contributed by atoms with Gasteiger partial charge in [0.25, 0.3) is 0 Å². The second-order valence-electron chi connectivity index (χ2n) is 6.19. The van der Waals surface area contributed by atoms with Crippen LogP contribution in [0.1, 0.15) is 17.8 Å². The van der Waals surface area contributed by atoms with E-state index in [0.717, 1.165) is 35.7 Å². The summed E-state index contributed by atoms with van der Waals surface area (Å²) in [6, 6.07) is 4.72. The number of carbonyl (C=O) groups excluding carboxylic acids is 1. The second-order valence-corrected chi connectivity index (χ2v) is 6.19. The van der Waals surface area contributed by atoms with Gasteiger partial charge >= 0.3 is 0 Å². The van der Waals surface area contributed by atoms with Crippen molar-refractivity contribution < 1.29 is 9.18 Å². The van der Waals surface area contributed by atoms with Crippen molar-refractivity contribution in [2.75, 3.05) is 41.8 Å². The molecule has 6 nitrogen and oxygen atoms in total. The summed E-state index contributed by atoms with van der Waals surface area (Å²) in [5.74, 6) is -0.432. The summed E-state index contributed by atoms with van der Waals surface area (Å²) >= 11 is 0. The van der Waals surface area contributed by atoms with Gasteiger partial charge in [0, 0.05) is 20.1 Å². The number of fused-ring (bicyclic) bond motifs is 1. The minimum atomic E-state index is -0.295. The summed E-state index contributed by atoms with van der Waals surface area (Å²) in [5.41, 5.74) is 3.99. The fourth-order valence-corrected chi connectivity index (χ4v) is 3.06. The molecule has 2 N–H and O–H groups in total. The molecule has 2 aromatic rings. The van der Waals surface area contributed by atoms with Crippen molar-refractivity contribution in [3.63, 3.8) is 0 Å². The SMILES string of the molecule is Cc1n[nH]c(C)c1NC(=O)CN1CCCN(C)c2ccc(F)cc21. The molecular weight excluding hydrogens is 309 g/mol. The average Bonchev–Trinajstić information content (AvgIpc) is 2.76. The summed E-state index contributed by atoms with van der Waals surface area (Å²) in [4.78, 5) is 16.5. The van der Waals surface area contributed by atoms with E-state index < -0.39 is 0 Å². The van der Waals surface area contributed by atoms with E-state index in [-0.39, 0.29) is 18.3 Å². The molecule has 3 rings (SSSR count). The van der Waals surface area contributed by atoms with Gasteiger partial charge in [0.15, 0.2) is 0 Å². The number of carbonyl (C=O) groups is 1. The number of nitrogens with one attached hydrogen (secondary N) is 2. The van der Waals surface area contributed by atoms with Crippen molar-refractivity contribution in [2.24, 2.45) is 0 Å².